The highest BCUT2D eigenvalue weighted by atomic mass is 32.1. The van der Waals surface area contributed by atoms with Crippen LogP contribution in [0, 0.1) is 0 Å². The number of fused-ring (bicyclic) bond motifs is 5. The zero-order valence-corrected chi connectivity index (χ0v) is 12.9. The van der Waals surface area contributed by atoms with Crippen LogP contribution in [0.25, 0.3) is 15.9 Å². The van der Waals surface area contributed by atoms with Crippen molar-refractivity contribution in [2.75, 3.05) is 20.3 Å². The summed E-state index contributed by atoms with van der Waals surface area (Å²) in [5.74, 6) is -0.121. The zero-order chi connectivity index (χ0) is 15.1. The second kappa shape index (κ2) is 5.29. The van der Waals surface area contributed by atoms with E-state index in [0.717, 1.165) is 28.7 Å². The van der Waals surface area contributed by atoms with Gasteiger partial charge in [0, 0.05) is 18.5 Å². The van der Waals surface area contributed by atoms with Crippen molar-refractivity contribution >= 4 is 33.1 Å². The summed E-state index contributed by atoms with van der Waals surface area (Å²) in [4.78, 5) is 23.3. The minimum absolute atomic E-state index is 0.170. The van der Waals surface area contributed by atoms with Gasteiger partial charge in [0.25, 0.3) is 5.91 Å². The van der Waals surface area contributed by atoms with Gasteiger partial charge < -0.3 is 10.1 Å². The molecule has 0 bridgehead atoms. The van der Waals surface area contributed by atoms with E-state index in [1.54, 1.807) is 29.3 Å². The van der Waals surface area contributed by atoms with E-state index in [2.05, 4.69) is 20.4 Å². The van der Waals surface area contributed by atoms with E-state index in [9.17, 15) is 4.79 Å². The van der Waals surface area contributed by atoms with Crippen LogP contribution in [0.4, 0.5) is 0 Å². The van der Waals surface area contributed by atoms with E-state index in [0.29, 0.717) is 13.2 Å². The number of rotatable bonds is 4. The van der Waals surface area contributed by atoms with Crippen LogP contribution in [0.3, 0.4) is 0 Å². The Bertz CT molecular complexity index is 869. The summed E-state index contributed by atoms with van der Waals surface area (Å²) in [5.41, 5.74) is 2.05. The lowest BCUT2D eigenvalue weighted by atomic mass is 10.2. The lowest BCUT2D eigenvalue weighted by Crippen LogP contribution is -2.27. The number of aromatic nitrogens is 4. The summed E-state index contributed by atoms with van der Waals surface area (Å²) in [6, 6.07) is 0. The Balaban J connectivity index is 1.77. The number of hydrogen-bond donors (Lipinski definition) is 1. The van der Waals surface area contributed by atoms with Crippen LogP contribution in [0.5, 0.6) is 0 Å². The maximum atomic E-state index is 12.1. The van der Waals surface area contributed by atoms with Crippen LogP contribution >= 0.6 is 11.3 Å². The molecule has 3 aromatic heterocycles. The first kappa shape index (κ1) is 13.6. The summed E-state index contributed by atoms with van der Waals surface area (Å²) in [5, 5.41) is 8.04. The topological polar surface area (TPSA) is 81.4 Å². The van der Waals surface area contributed by atoms with Crippen molar-refractivity contribution in [3.8, 4) is 0 Å². The maximum Gasteiger partial charge on any atom is 0.291 e. The van der Waals surface area contributed by atoms with E-state index in [4.69, 9.17) is 4.74 Å². The summed E-state index contributed by atoms with van der Waals surface area (Å²) < 4.78 is 6.51. The number of nitrogens with zero attached hydrogens (tertiary/aromatic N) is 4. The lowest BCUT2D eigenvalue weighted by Gasteiger charge is -1.99. The third-order valence-corrected chi connectivity index (χ3v) is 5.04. The molecule has 0 aromatic carbocycles. The van der Waals surface area contributed by atoms with E-state index in [1.807, 2.05) is 0 Å². The Morgan fingerprint density at radius 2 is 2.41 bits per heavy atom. The van der Waals surface area contributed by atoms with Crippen LogP contribution in [0.2, 0.25) is 0 Å². The molecule has 0 atom stereocenters. The molecule has 0 saturated carbocycles. The molecule has 1 N–H and O–H groups in total. The third-order valence-electron chi connectivity index (χ3n) is 3.84. The molecule has 0 radical (unpaired) electrons. The van der Waals surface area contributed by atoms with E-state index < -0.39 is 0 Å². The van der Waals surface area contributed by atoms with Crippen molar-refractivity contribution in [1.29, 1.82) is 0 Å². The molecule has 4 rings (SSSR count). The molecular formula is C14H15N5O2S. The van der Waals surface area contributed by atoms with Gasteiger partial charge in [0.1, 0.15) is 11.2 Å². The van der Waals surface area contributed by atoms with Gasteiger partial charge in [-0.3, -0.25) is 4.79 Å². The number of aryl methyl sites for hydroxylation is 2. The molecule has 1 amide bonds. The van der Waals surface area contributed by atoms with Crippen LogP contribution < -0.4 is 5.32 Å². The molecule has 3 heterocycles. The van der Waals surface area contributed by atoms with Crippen molar-refractivity contribution in [2.24, 2.45) is 0 Å². The number of carbonyl (C=O) groups excluding carboxylic acids is 1. The monoisotopic (exact) mass is 317 g/mol. The minimum atomic E-state index is -0.291. The summed E-state index contributed by atoms with van der Waals surface area (Å²) in [6.45, 7) is 0.898. The van der Waals surface area contributed by atoms with Gasteiger partial charge in [-0.2, -0.15) is 0 Å². The van der Waals surface area contributed by atoms with Crippen LogP contribution in [0.15, 0.2) is 6.33 Å². The number of hydrogen-bond acceptors (Lipinski definition) is 6. The first-order chi connectivity index (χ1) is 10.8. The summed E-state index contributed by atoms with van der Waals surface area (Å²) in [7, 11) is 1.59. The highest BCUT2D eigenvalue weighted by molar-refractivity contribution is 7.19. The van der Waals surface area contributed by atoms with Gasteiger partial charge >= 0.3 is 0 Å². The van der Waals surface area contributed by atoms with Gasteiger partial charge in [-0.05, 0) is 24.8 Å². The van der Waals surface area contributed by atoms with Gasteiger partial charge in [0.2, 0.25) is 5.82 Å². The molecule has 0 fully saturated rings. The molecule has 0 saturated heterocycles. The molecule has 8 heteroatoms. The lowest BCUT2D eigenvalue weighted by molar-refractivity contribution is 0.0927. The Morgan fingerprint density at radius 3 is 3.27 bits per heavy atom. The number of nitrogens with one attached hydrogen (secondary N) is 1. The fourth-order valence-corrected chi connectivity index (χ4v) is 4.06. The number of ether oxygens (including phenoxy) is 1. The summed E-state index contributed by atoms with van der Waals surface area (Å²) >= 11 is 1.73. The quantitative estimate of drug-likeness (QED) is 0.731. The van der Waals surface area contributed by atoms with Crippen LogP contribution in [-0.2, 0) is 17.6 Å². The molecular weight excluding hydrogens is 302 g/mol. The molecule has 1 aliphatic carbocycles. The minimum Gasteiger partial charge on any atom is -0.383 e. The average Bonchev–Trinajstić information content (AvgIpc) is 3.19. The smallest absolute Gasteiger partial charge is 0.291 e. The molecule has 0 aliphatic heterocycles. The van der Waals surface area contributed by atoms with Crippen molar-refractivity contribution in [3.63, 3.8) is 0 Å². The first-order valence-electron chi connectivity index (χ1n) is 7.20. The molecule has 0 spiro atoms. The molecule has 3 aromatic rings. The summed E-state index contributed by atoms with van der Waals surface area (Å²) in [6.07, 6.45) is 4.97. The van der Waals surface area contributed by atoms with E-state index >= 15 is 0 Å². The highest BCUT2D eigenvalue weighted by Crippen LogP contribution is 2.37. The van der Waals surface area contributed by atoms with Crippen molar-refractivity contribution < 1.29 is 9.53 Å². The number of amides is 1. The van der Waals surface area contributed by atoms with Gasteiger partial charge in [-0.1, -0.05) is 0 Å². The van der Waals surface area contributed by atoms with Gasteiger partial charge in [-0.15, -0.1) is 16.4 Å². The van der Waals surface area contributed by atoms with Gasteiger partial charge in [0.15, 0.2) is 5.65 Å². The Hall–Kier alpha value is -2.06. The standard InChI is InChI=1S/C14H15N5O2S/c1-21-6-5-15-13(20)11-17-12-10-8-3-2-4-9(8)22-14(10)16-7-19(12)18-11/h7H,2-6H2,1H3,(H,15,20). The maximum absolute atomic E-state index is 12.1. The second-order valence-corrected chi connectivity index (χ2v) is 6.32. The first-order valence-corrected chi connectivity index (χ1v) is 8.02. The van der Waals surface area contributed by atoms with Crippen LogP contribution in [0.1, 0.15) is 27.5 Å². The fourth-order valence-electron chi connectivity index (χ4n) is 2.83. The predicted octanol–water partition coefficient (Wildman–Crippen LogP) is 1.20. The normalized spacial score (nSPS) is 13.9. The Morgan fingerprint density at radius 1 is 1.50 bits per heavy atom. The van der Waals surface area contributed by atoms with Crippen molar-refractivity contribution in [3.05, 3.63) is 22.6 Å². The Kier molecular flexibility index (Phi) is 3.27. The van der Waals surface area contributed by atoms with Crippen LogP contribution in [-0.4, -0.2) is 45.8 Å². The molecule has 7 nitrogen and oxygen atoms in total. The number of thiophene rings is 1. The Labute approximate surface area is 130 Å². The number of methoxy groups -OCH3 is 1. The van der Waals surface area contributed by atoms with Gasteiger partial charge in [-0.25, -0.2) is 14.5 Å². The predicted molar refractivity (Wildman–Crippen MR) is 82.4 cm³/mol. The van der Waals surface area contributed by atoms with E-state index in [-0.39, 0.29) is 11.7 Å². The molecule has 22 heavy (non-hydrogen) atoms. The molecule has 114 valence electrons. The van der Waals surface area contributed by atoms with Crippen molar-refractivity contribution in [1.82, 2.24) is 24.9 Å². The largest absolute Gasteiger partial charge is 0.383 e. The molecule has 0 unspecified atom stereocenters. The zero-order valence-electron chi connectivity index (χ0n) is 12.1. The highest BCUT2D eigenvalue weighted by Gasteiger charge is 2.22. The molecule has 1 aliphatic rings. The fraction of sp³-hybridized carbons (Fsp3) is 0.429. The van der Waals surface area contributed by atoms with Gasteiger partial charge in [0.05, 0.1) is 12.0 Å². The van der Waals surface area contributed by atoms with Crippen molar-refractivity contribution in [2.45, 2.75) is 19.3 Å². The average molecular weight is 317 g/mol. The SMILES string of the molecule is COCCNC(=O)c1nc2c3c4c(sc3ncn2n1)CCC4. The second-order valence-electron chi connectivity index (χ2n) is 5.23. The third kappa shape index (κ3) is 2.06. The number of carbonyl (C=O) groups is 1. The van der Waals surface area contributed by atoms with E-state index in [1.165, 1.54) is 16.9 Å².